The van der Waals surface area contributed by atoms with Gasteiger partial charge in [-0.15, -0.1) is 0 Å². The number of hydrogen-bond donors (Lipinski definition) is 0. The topological polar surface area (TPSA) is 9.23 Å². The molecule has 1 heteroatoms. The van der Waals surface area contributed by atoms with Crippen LogP contribution in [-0.2, 0) is 4.74 Å². The van der Waals surface area contributed by atoms with Crippen molar-refractivity contribution in [2.75, 3.05) is 0 Å². The standard InChI is InChI=1S/C9H20O/c1-7(2)10-8(3)9(4,5)6/h7-8H,1-6H3/t8-/m0/s1. The van der Waals surface area contributed by atoms with Crippen LogP contribution in [0.5, 0.6) is 0 Å². The maximum absolute atomic E-state index is 5.61. The van der Waals surface area contributed by atoms with Gasteiger partial charge in [0.2, 0.25) is 0 Å². The Balaban J connectivity index is 3.73. The van der Waals surface area contributed by atoms with Crippen molar-refractivity contribution in [1.82, 2.24) is 0 Å². The molecule has 0 spiro atoms. The van der Waals surface area contributed by atoms with Gasteiger partial charge in [0.15, 0.2) is 0 Å². The average Bonchev–Trinajstić information content (AvgIpc) is 1.60. The Morgan fingerprint density at radius 2 is 1.40 bits per heavy atom. The Morgan fingerprint density at radius 3 is 1.50 bits per heavy atom. The molecule has 0 N–H and O–H groups in total. The fourth-order valence-corrected chi connectivity index (χ4v) is 0.612. The highest BCUT2D eigenvalue weighted by Crippen LogP contribution is 2.22. The second-order valence-corrected chi connectivity index (χ2v) is 4.19. The maximum Gasteiger partial charge on any atom is 0.0598 e. The Hall–Kier alpha value is -0.0400. The highest BCUT2D eigenvalue weighted by atomic mass is 16.5. The molecule has 0 bridgehead atoms. The molecule has 10 heavy (non-hydrogen) atoms. The Bertz CT molecular complexity index is 89.4. The SMILES string of the molecule is CC(C)O[C@@H](C)C(C)(C)C. The van der Waals surface area contributed by atoms with E-state index in [2.05, 4.69) is 41.5 Å². The summed E-state index contributed by atoms with van der Waals surface area (Å²) in [5.41, 5.74) is 0.268. The van der Waals surface area contributed by atoms with Gasteiger partial charge in [-0.1, -0.05) is 20.8 Å². The van der Waals surface area contributed by atoms with Crippen LogP contribution in [0.2, 0.25) is 0 Å². The van der Waals surface area contributed by atoms with Crippen LogP contribution >= 0.6 is 0 Å². The first-order valence-electron chi connectivity index (χ1n) is 3.99. The molecule has 0 aromatic heterocycles. The van der Waals surface area contributed by atoms with Gasteiger partial charge in [-0.05, 0) is 26.2 Å². The van der Waals surface area contributed by atoms with Gasteiger partial charge in [-0.25, -0.2) is 0 Å². The van der Waals surface area contributed by atoms with Gasteiger partial charge in [0.25, 0.3) is 0 Å². The summed E-state index contributed by atoms with van der Waals surface area (Å²) in [5, 5.41) is 0. The lowest BCUT2D eigenvalue weighted by Crippen LogP contribution is -2.28. The monoisotopic (exact) mass is 144 g/mol. The van der Waals surface area contributed by atoms with Crippen LogP contribution in [0, 0.1) is 5.41 Å². The zero-order valence-corrected chi connectivity index (χ0v) is 8.06. The highest BCUT2D eigenvalue weighted by Gasteiger charge is 2.20. The molecule has 0 amide bonds. The smallest absolute Gasteiger partial charge is 0.0598 e. The van der Waals surface area contributed by atoms with E-state index in [0.717, 1.165) is 0 Å². The third kappa shape index (κ3) is 3.89. The van der Waals surface area contributed by atoms with Gasteiger partial charge in [-0.2, -0.15) is 0 Å². The summed E-state index contributed by atoms with van der Waals surface area (Å²) in [4.78, 5) is 0. The van der Waals surface area contributed by atoms with Crippen LogP contribution in [0.4, 0.5) is 0 Å². The normalized spacial score (nSPS) is 15.9. The molecule has 0 aliphatic carbocycles. The predicted molar refractivity (Wildman–Crippen MR) is 45.1 cm³/mol. The van der Waals surface area contributed by atoms with Crippen molar-refractivity contribution in [3.63, 3.8) is 0 Å². The second-order valence-electron chi connectivity index (χ2n) is 4.19. The summed E-state index contributed by atoms with van der Waals surface area (Å²) >= 11 is 0. The minimum Gasteiger partial charge on any atom is -0.375 e. The largest absolute Gasteiger partial charge is 0.375 e. The Kier molecular flexibility index (Phi) is 3.37. The minimum absolute atomic E-state index is 0.268. The third-order valence-electron chi connectivity index (χ3n) is 1.70. The summed E-state index contributed by atoms with van der Waals surface area (Å²) in [6.07, 6.45) is 0.682. The van der Waals surface area contributed by atoms with E-state index in [-0.39, 0.29) is 5.41 Å². The van der Waals surface area contributed by atoms with Crippen LogP contribution in [0.1, 0.15) is 41.5 Å². The number of rotatable bonds is 2. The molecule has 0 fully saturated rings. The summed E-state index contributed by atoms with van der Waals surface area (Å²) < 4.78 is 5.61. The quantitative estimate of drug-likeness (QED) is 0.579. The zero-order valence-electron chi connectivity index (χ0n) is 8.06. The molecule has 0 heterocycles. The molecule has 0 aromatic rings. The zero-order chi connectivity index (χ0) is 8.36. The van der Waals surface area contributed by atoms with Gasteiger partial charge < -0.3 is 4.74 Å². The minimum atomic E-state index is 0.268. The summed E-state index contributed by atoms with van der Waals surface area (Å²) in [7, 11) is 0. The third-order valence-corrected chi connectivity index (χ3v) is 1.70. The Morgan fingerprint density at radius 1 is 1.00 bits per heavy atom. The first-order chi connectivity index (χ1) is 4.34. The molecule has 1 nitrogen and oxygen atoms in total. The van der Waals surface area contributed by atoms with E-state index >= 15 is 0 Å². The number of hydrogen-bond acceptors (Lipinski definition) is 1. The van der Waals surface area contributed by atoms with E-state index in [0.29, 0.717) is 12.2 Å². The fraction of sp³-hybridized carbons (Fsp3) is 1.00. The number of ether oxygens (including phenoxy) is 1. The van der Waals surface area contributed by atoms with E-state index in [1.807, 2.05) is 0 Å². The van der Waals surface area contributed by atoms with Crippen molar-refractivity contribution in [1.29, 1.82) is 0 Å². The molecule has 0 saturated heterocycles. The highest BCUT2D eigenvalue weighted by molar-refractivity contribution is 4.70. The average molecular weight is 144 g/mol. The van der Waals surface area contributed by atoms with E-state index in [1.54, 1.807) is 0 Å². The molecule has 62 valence electrons. The van der Waals surface area contributed by atoms with Crippen molar-refractivity contribution in [2.45, 2.75) is 53.8 Å². The molecule has 0 radical (unpaired) electrons. The summed E-state index contributed by atoms with van der Waals surface area (Å²) in [6.45, 7) is 12.9. The second kappa shape index (κ2) is 3.38. The van der Waals surface area contributed by atoms with Gasteiger partial charge in [-0.3, -0.25) is 0 Å². The molecule has 0 aliphatic rings. The van der Waals surface area contributed by atoms with Crippen molar-refractivity contribution < 1.29 is 4.74 Å². The predicted octanol–water partition coefficient (Wildman–Crippen LogP) is 2.85. The first-order valence-corrected chi connectivity index (χ1v) is 3.99. The van der Waals surface area contributed by atoms with Gasteiger partial charge >= 0.3 is 0 Å². The van der Waals surface area contributed by atoms with Crippen molar-refractivity contribution >= 4 is 0 Å². The van der Waals surface area contributed by atoms with Crippen LogP contribution in [0.3, 0.4) is 0 Å². The van der Waals surface area contributed by atoms with Gasteiger partial charge in [0.1, 0.15) is 0 Å². The molecule has 0 saturated carbocycles. The molecule has 0 aromatic carbocycles. The van der Waals surface area contributed by atoms with Crippen LogP contribution in [-0.4, -0.2) is 12.2 Å². The lowest BCUT2D eigenvalue weighted by Gasteiger charge is -2.28. The van der Waals surface area contributed by atoms with E-state index in [9.17, 15) is 0 Å². The molecular weight excluding hydrogens is 124 g/mol. The molecular formula is C9H20O. The lowest BCUT2D eigenvalue weighted by atomic mass is 9.90. The summed E-state index contributed by atoms with van der Waals surface area (Å²) in [5.74, 6) is 0. The van der Waals surface area contributed by atoms with E-state index < -0.39 is 0 Å². The van der Waals surface area contributed by atoms with Gasteiger partial charge in [0.05, 0.1) is 12.2 Å². The van der Waals surface area contributed by atoms with Crippen LogP contribution in [0.25, 0.3) is 0 Å². The molecule has 1 atom stereocenters. The first kappa shape index (κ1) is 9.96. The van der Waals surface area contributed by atoms with Crippen LogP contribution in [0.15, 0.2) is 0 Å². The summed E-state index contributed by atoms with van der Waals surface area (Å²) in [6, 6.07) is 0. The van der Waals surface area contributed by atoms with E-state index in [1.165, 1.54) is 0 Å². The van der Waals surface area contributed by atoms with Crippen molar-refractivity contribution in [3.05, 3.63) is 0 Å². The van der Waals surface area contributed by atoms with Crippen molar-refractivity contribution in [3.8, 4) is 0 Å². The Labute approximate surface area is 64.8 Å². The fourth-order valence-electron chi connectivity index (χ4n) is 0.612. The van der Waals surface area contributed by atoms with E-state index in [4.69, 9.17) is 4.74 Å². The molecule has 0 unspecified atom stereocenters. The maximum atomic E-state index is 5.61. The molecule has 0 rings (SSSR count). The van der Waals surface area contributed by atoms with Crippen LogP contribution < -0.4 is 0 Å². The van der Waals surface area contributed by atoms with Crippen molar-refractivity contribution in [2.24, 2.45) is 5.41 Å². The lowest BCUT2D eigenvalue weighted by molar-refractivity contribution is -0.0400. The molecule has 0 aliphatic heterocycles. The van der Waals surface area contributed by atoms with Gasteiger partial charge in [0, 0.05) is 0 Å².